The second-order valence-electron chi connectivity index (χ2n) is 2.25. The predicted octanol–water partition coefficient (Wildman–Crippen LogP) is 1.75. The molecule has 0 fully saturated rings. The van der Waals surface area contributed by atoms with Crippen LogP contribution in [0.25, 0.3) is 5.69 Å². The highest BCUT2D eigenvalue weighted by Crippen LogP contribution is 2.03. The van der Waals surface area contributed by atoms with Gasteiger partial charge in [0.1, 0.15) is 0 Å². The fraction of sp³-hybridized carbons (Fsp3) is 0. The van der Waals surface area contributed by atoms with E-state index in [4.69, 9.17) is 12.2 Å². The molecule has 1 aromatic heterocycles. The van der Waals surface area contributed by atoms with E-state index >= 15 is 0 Å². The van der Waals surface area contributed by atoms with Crippen LogP contribution in [-0.2, 0) is 0 Å². The van der Waals surface area contributed by atoms with E-state index in [1.54, 1.807) is 4.68 Å². The summed E-state index contributed by atoms with van der Waals surface area (Å²) in [5, 5.41) is 9.92. The van der Waals surface area contributed by atoms with E-state index in [1.165, 1.54) is 0 Å². The van der Waals surface area contributed by atoms with E-state index in [1.807, 2.05) is 30.3 Å². The van der Waals surface area contributed by atoms with Crippen molar-refractivity contribution in [2.75, 3.05) is 0 Å². The molecule has 0 aliphatic rings. The first kappa shape index (κ1) is 9.88. The molecule has 0 saturated carbocycles. The van der Waals surface area contributed by atoms with Crippen molar-refractivity contribution in [3.63, 3.8) is 0 Å². The van der Waals surface area contributed by atoms with Crippen molar-refractivity contribution in [2.45, 2.75) is 0 Å². The maximum atomic E-state index is 4.93. The third kappa shape index (κ3) is 1.93. The van der Waals surface area contributed by atoms with Crippen molar-refractivity contribution in [2.24, 2.45) is 0 Å². The van der Waals surface area contributed by atoms with Crippen molar-refractivity contribution >= 4 is 24.6 Å². The van der Waals surface area contributed by atoms with Crippen LogP contribution in [0.4, 0.5) is 0 Å². The lowest BCUT2D eigenvalue weighted by molar-refractivity contribution is 0.786. The van der Waals surface area contributed by atoms with Crippen molar-refractivity contribution in [3.8, 4) is 5.69 Å². The highest BCUT2D eigenvalue weighted by Gasteiger charge is 1.95. The smallest absolute Gasteiger partial charge is 0.210 e. The fourth-order valence-corrected chi connectivity index (χ4v) is 1.13. The van der Waals surface area contributed by atoms with E-state index in [-0.39, 0.29) is 12.4 Å². The molecule has 0 aliphatic carbocycles. The first-order chi connectivity index (χ1) is 5.88. The molecule has 13 heavy (non-hydrogen) atoms. The highest BCUT2D eigenvalue weighted by atomic mass is 35.5. The lowest BCUT2D eigenvalue weighted by atomic mass is 10.3. The van der Waals surface area contributed by atoms with Gasteiger partial charge in [-0.25, -0.2) is 4.68 Å². The number of benzene rings is 1. The van der Waals surface area contributed by atoms with E-state index < -0.39 is 0 Å². The summed E-state index contributed by atoms with van der Waals surface area (Å²) in [6.07, 6.45) is 0. The van der Waals surface area contributed by atoms with Crippen LogP contribution in [0.5, 0.6) is 0 Å². The molecule has 1 heterocycles. The van der Waals surface area contributed by atoms with Gasteiger partial charge in [0.05, 0.1) is 5.69 Å². The molecular weight excluding hydrogens is 208 g/mol. The number of para-hydroxylation sites is 1. The van der Waals surface area contributed by atoms with Crippen molar-refractivity contribution in [1.82, 2.24) is 20.2 Å². The second-order valence-corrected chi connectivity index (χ2v) is 2.62. The van der Waals surface area contributed by atoms with Gasteiger partial charge in [0.2, 0.25) is 4.77 Å². The van der Waals surface area contributed by atoms with Crippen LogP contribution in [0.3, 0.4) is 0 Å². The number of aromatic nitrogens is 4. The molecule has 0 bridgehead atoms. The molecule has 68 valence electrons. The zero-order chi connectivity index (χ0) is 8.39. The molecule has 4 nitrogen and oxygen atoms in total. The van der Waals surface area contributed by atoms with Gasteiger partial charge in [0.25, 0.3) is 0 Å². The molecular formula is C7H7ClN4S. The van der Waals surface area contributed by atoms with E-state index in [2.05, 4.69) is 15.5 Å². The molecule has 2 rings (SSSR count). The number of nitrogens with one attached hydrogen (secondary N) is 1. The Hall–Kier alpha value is -1.20. The number of hydrogen-bond acceptors (Lipinski definition) is 3. The molecule has 6 heteroatoms. The Bertz CT molecular complexity index is 421. The standard InChI is InChI=1S/C7H6N4S.ClH/c12-7-8-9-10-11(7)6-4-2-1-3-5-6;/h1-5H,(H,8,10,12);1H. The number of hydrogen-bond donors (Lipinski definition) is 1. The zero-order valence-electron chi connectivity index (χ0n) is 6.54. The van der Waals surface area contributed by atoms with Gasteiger partial charge in [-0.3, -0.25) is 0 Å². The Morgan fingerprint density at radius 1 is 1.23 bits per heavy atom. The van der Waals surface area contributed by atoms with Crippen LogP contribution in [0.15, 0.2) is 30.3 Å². The van der Waals surface area contributed by atoms with Gasteiger partial charge in [-0.1, -0.05) is 28.5 Å². The number of aromatic amines is 1. The van der Waals surface area contributed by atoms with Crippen LogP contribution >= 0.6 is 24.6 Å². The van der Waals surface area contributed by atoms with E-state index in [9.17, 15) is 0 Å². The van der Waals surface area contributed by atoms with E-state index in [0.29, 0.717) is 4.77 Å². The number of halogens is 1. The summed E-state index contributed by atoms with van der Waals surface area (Å²) in [7, 11) is 0. The number of tetrazole rings is 1. The maximum Gasteiger partial charge on any atom is 0.242 e. The molecule has 2 aromatic rings. The molecule has 0 radical (unpaired) electrons. The lowest BCUT2D eigenvalue weighted by Crippen LogP contribution is -1.95. The Morgan fingerprint density at radius 2 is 1.92 bits per heavy atom. The van der Waals surface area contributed by atoms with Crippen molar-refractivity contribution in [3.05, 3.63) is 35.1 Å². The van der Waals surface area contributed by atoms with Gasteiger partial charge in [0.15, 0.2) is 0 Å². The molecule has 0 atom stereocenters. The SMILES string of the molecule is Cl.S=c1nn[nH]n1-c1ccccc1. The quantitative estimate of drug-likeness (QED) is 0.736. The van der Waals surface area contributed by atoms with Gasteiger partial charge in [-0.2, -0.15) is 5.21 Å². The summed E-state index contributed by atoms with van der Waals surface area (Å²) in [6.45, 7) is 0. The molecule has 0 aliphatic heterocycles. The Kier molecular flexibility index (Phi) is 3.16. The van der Waals surface area contributed by atoms with Crippen LogP contribution < -0.4 is 0 Å². The van der Waals surface area contributed by atoms with Gasteiger partial charge < -0.3 is 0 Å². The van der Waals surface area contributed by atoms with Crippen LogP contribution in [-0.4, -0.2) is 20.2 Å². The van der Waals surface area contributed by atoms with E-state index in [0.717, 1.165) is 5.69 Å². The molecule has 1 aromatic carbocycles. The minimum Gasteiger partial charge on any atom is -0.210 e. The highest BCUT2D eigenvalue weighted by molar-refractivity contribution is 7.71. The summed E-state index contributed by atoms with van der Waals surface area (Å²) >= 11 is 4.93. The lowest BCUT2D eigenvalue weighted by Gasteiger charge is -1.97. The zero-order valence-corrected chi connectivity index (χ0v) is 8.18. The molecule has 0 spiro atoms. The summed E-state index contributed by atoms with van der Waals surface area (Å²) in [6, 6.07) is 9.65. The summed E-state index contributed by atoms with van der Waals surface area (Å²) in [5.41, 5.74) is 0.938. The summed E-state index contributed by atoms with van der Waals surface area (Å²) < 4.78 is 2.07. The monoisotopic (exact) mass is 214 g/mol. The predicted molar refractivity (Wildman–Crippen MR) is 53.8 cm³/mol. The van der Waals surface area contributed by atoms with Gasteiger partial charge >= 0.3 is 0 Å². The Morgan fingerprint density at radius 3 is 2.46 bits per heavy atom. The van der Waals surface area contributed by atoms with Crippen molar-refractivity contribution in [1.29, 1.82) is 0 Å². The topological polar surface area (TPSA) is 46.5 Å². The third-order valence-corrected chi connectivity index (χ3v) is 1.75. The molecule has 0 saturated heterocycles. The third-order valence-electron chi connectivity index (χ3n) is 1.49. The average molecular weight is 215 g/mol. The second kappa shape index (κ2) is 4.15. The van der Waals surface area contributed by atoms with Crippen LogP contribution in [0.2, 0.25) is 0 Å². The van der Waals surface area contributed by atoms with Crippen LogP contribution in [0, 0.1) is 4.77 Å². The Labute approximate surface area is 86.0 Å². The normalized spacial score (nSPS) is 9.23. The number of rotatable bonds is 1. The summed E-state index contributed by atoms with van der Waals surface area (Å²) in [5.74, 6) is 0. The van der Waals surface area contributed by atoms with Gasteiger partial charge in [0, 0.05) is 0 Å². The van der Waals surface area contributed by atoms with Gasteiger partial charge in [-0.15, -0.1) is 12.4 Å². The largest absolute Gasteiger partial charge is 0.242 e. The van der Waals surface area contributed by atoms with Crippen molar-refractivity contribution < 1.29 is 0 Å². The molecule has 1 N–H and O–H groups in total. The first-order valence-corrected chi connectivity index (χ1v) is 3.84. The van der Waals surface area contributed by atoms with Crippen LogP contribution in [0.1, 0.15) is 0 Å². The van der Waals surface area contributed by atoms with Gasteiger partial charge in [-0.05, 0) is 24.4 Å². The number of H-pyrrole nitrogens is 1. The summed E-state index contributed by atoms with van der Waals surface area (Å²) in [4.78, 5) is 0. The minimum atomic E-state index is 0. The maximum absolute atomic E-state index is 4.93. The average Bonchev–Trinajstić information content (AvgIpc) is 2.53. The molecule has 0 amide bonds. The Balaban J connectivity index is 0.000000845. The fourth-order valence-electron chi connectivity index (χ4n) is 0.943. The molecule has 0 unspecified atom stereocenters. The number of nitrogens with zero attached hydrogens (tertiary/aromatic N) is 3. The minimum absolute atomic E-state index is 0. The first-order valence-electron chi connectivity index (χ1n) is 3.43.